The third kappa shape index (κ3) is 10.3. The molecule has 10 heavy (non-hydrogen) atoms. The molecular formula is C6H16N4. The molecular weight excluding hydrogens is 128 g/mol. The van der Waals surface area contributed by atoms with Crippen molar-refractivity contribution in [1.82, 2.24) is 0 Å². The van der Waals surface area contributed by atoms with Crippen molar-refractivity contribution >= 4 is 0 Å². The van der Waals surface area contributed by atoms with Gasteiger partial charge in [-0.05, 0) is 20.8 Å². The van der Waals surface area contributed by atoms with Gasteiger partial charge in [0, 0.05) is 0 Å². The van der Waals surface area contributed by atoms with Crippen LogP contribution in [0, 0.1) is 0 Å². The second-order valence-corrected chi connectivity index (χ2v) is 1.90. The van der Waals surface area contributed by atoms with Crippen LogP contribution < -0.4 is 4.90 Å². The largest absolute Gasteiger partial charge is 0.373 e. The van der Waals surface area contributed by atoms with Crippen LogP contribution in [-0.4, -0.2) is 19.6 Å². The molecule has 0 aliphatic carbocycles. The fraction of sp³-hybridized carbons (Fsp3) is 1.00. The zero-order valence-corrected chi connectivity index (χ0v) is 6.96. The van der Waals surface area contributed by atoms with E-state index in [9.17, 15) is 0 Å². The Kier molecular flexibility index (Phi) is 13.3. The van der Waals surface area contributed by atoms with E-state index in [1.807, 2.05) is 0 Å². The van der Waals surface area contributed by atoms with Gasteiger partial charge >= 0.3 is 0 Å². The van der Waals surface area contributed by atoms with Crippen molar-refractivity contribution in [3.63, 3.8) is 0 Å². The summed E-state index contributed by atoms with van der Waals surface area (Å²) in [5.74, 6) is 0. The van der Waals surface area contributed by atoms with Crippen LogP contribution in [0.15, 0.2) is 0 Å². The first-order valence-corrected chi connectivity index (χ1v) is 3.58. The monoisotopic (exact) mass is 144 g/mol. The van der Waals surface area contributed by atoms with Gasteiger partial charge in [0.05, 0.1) is 19.6 Å². The predicted octanol–water partition coefficient (Wildman–Crippen LogP) is 0.797. The van der Waals surface area contributed by atoms with E-state index in [0.29, 0.717) is 0 Å². The molecule has 0 heterocycles. The minimum atomic E-state index is 1.27. The van der Waals surface area contributed by atoms with Crippen LogP contribution in [0.3, 0.4) is 0 Å². The molecule has 0 aromatic rings. The van der Waals surface area contributed by atoms with Crippen molar-refractivity contribution in [3.05, 3.63) is 16.0 Å². The van der Waals surface area contributed by atoms with Crippen LogP contribution in [0.25, 0.3) is 16.0 Å². The van der Waals surface area contributed by atoms with Crippen LogP contribution >= 0.6 is 0 Å². The molecule has 1 N–H and O–H groups in total. The topological polar surface area (TPSA) is 63.1 Å². The van der Waals surface area contributed by atoms with Crippen LogP contribution in [0.2, 0.25) is 0 Å². The van der Waals surface area contributed by atoms with E-state index in [1.54, 1.807) is 4.90 Å². The van der Waals surface area contributed by atoms with Crippen molar-refractivity contribution in [2.45, 2.75) is 20.8 Å². The van der Waals surface area contributed by atoms with Crippen LogP contribution in [0.5, 0.6) is 0 Å². The standard InChI is InChI=1S/C6H15N.N3/c1-4-7(5-2)6-3;1-3-2/h4-6H2,1-3H3;/q;-1/p+1. The van der Waals surface area contributed by atoms with Crippen LogP contribution in [0.4, 0.5) is 0 Å². The molecule has 0 saturated heterocycles. The van der Waals surface area contributed by atoms with Gasteiger partial charge in [0.25, 0.3) is 0 Å². The van der Waals surface area contributed by atoms with Crippen molar-refractivity contribution in [2.24, 2.45) is 0 Å². The van der Waals surface area contributed by atoms with E-state index in [4.69, 9.17) is 11.1 Å². The molecule has 0 aliphatic heterocycles. The summed E-state index contributed by atoms with van der Waals surface area (Å²) in [5.41, 5.74) is 13.5. The molecule has 0 aliphatic rings. The Labute approximate surface area is 62.3 Å². The van der Waals surface area contributed by atoms with Gasteiger partial charge in [-0.3, -0.25) is 4.91 Å². The highest BCUT2D eigenvalue weighted by molar-refractivity contribution is 4.36. The minimum Gasteiger partial charge on any atom is -0.373 e. The van der Waals surface area contributed by atoms with Gasteiger partial charge in [-0.1, -0.05) is 0 Å². The first kappa shape index (κ1) is 12.0. The van der Waals surface area contributed by atoms with Crippen molar-refractivity contribution < 1.29 is 4.90 Å². The van der Waals surface area contributed by atoms with Gasteiger partial charge < -0.3 is 16.0 Å². The fourth-order valence-corrected chi connectivity index (χ4v) is 0.750. The number of quaternary nitrogens is 1. The Morgan fingerprint density at radius 2 is 1.20 bits per heavy atom. The first-order valence-electron chi connectivity index (χ1n) is 3.58. The van der Waals surface area contributed by atoms with E-state index in [1.165, 1.54) is 24.5 Å². The van der Waals surface area contributed by atoms with Gasteiger partial charge in [0.2, 0.25) is 0 Å². The number of nitrogens with one attached hydrogen (secondary N) is 1. The van der Waals surface area contributed by atoms with Gasteiger partial charge in [-0.15, -0.1) is 0 Å². The van der Waals surface area contributed by atoms with E-state index < -0.39 is 0 Å². The summed E-state index contributed by atoms with van der Waals surface area (Å²) in [6.45, 7) is 10.5. The van der Waals surface area contributed by atoms with Gasteiger partial charge in [0.1, 0.15) is 0 Å². The fourth-order valence-electron chi connectivity index (χ4n) is 0.750. The van der Waals surface area contributed by atoms with Gasteiger partial charge in [0.15, 0.2) is 0 Å². The number of hydrogen-bond donors (Lipinski definition) is 1. The first-order chi connectivity index (χ1) is 4.76. The predicted molar refractivity (Wildman–Crippen MR) is 42.7 cm³/mol. The molecule has 0 amide bonds. The Morgan fingerprint density at radius 3 is 1.20 bits per heavy atom. The number of rotatable bonds is 3. The normalized spacial score (nSPS) is 8.00. The smallest absolute Gasteiger partial charge is 0.0742 e. The Morgan fingerprint density at radius 1 is 1.00 bits per heavy atom. The molecule has 0 saturated carbocycles. The third-order valence-corrected chi connectivity index (χ3v) is 1.50. The summed E-state index contributed by atoms with van der Waals surface area (Å²) in [6, 6.07) is 0. The molecule has 0 unspecified atom stereocenters. The lowest BCUT2D eigenvalue weighted by Gasteiger charge is -2.10. The molecule has 0 spiro atoms. The Bertz CT molecular complexity index is 76.2. The molecule has 0 aromatic heterocycles. The average molecular weight is 144 g/mol. The highest BCUT2D eigenvalue weighted by Crippen LogP contribution is 1.45. The van der Waals surface area contributed by atoms with E-state index in [-0.39, 0.29) is 0 Å². The molecule has 0 bridgehead atoms. The molecule has 60 valence electrons. The maximum atomic E-state index is 6.75. The zero-order valence-electron chi connectivity index (χ0n) is 6.96. The molecule has 0 radical (unpaired) electrons. The summed E-state index contributed by atoms with van der Waals surface area (Å²) >= 11 is 0. The van der Waals surface area contributed by atoms with Crippen molar-refractivity contribution in [3.8, 4) is 0 Å². The highest BCUT2D eigenvalue weighted by atomic mass is 15.1. The van der Waals surface area contributed by atoms with Gasteiger partial charge in [-0.25, -0.2) is 0 Å². The second-order valence-electron chi connectivity index (χ2n) is 1.90. The van der Waals surface area contributed by atoms with Crippen molar-refractivity contribution in [1.29, 1.82) is 0 Å². The lowest BCUT2D eigenvalue weighted by molar-refractivity contribution is -0.894. The Hall–Kier alpha value is -0.730. The SMILES string of the molecule is CC[NH+](CC)CC.[N-]=[N+]=[N-]. The minimum absolute atomic E-state index is 1.27. The lowest BCUT2D eigenvalue weighted by Crippen LogP contribution is -3.11. The summed E-state index contributed by atoms with van der Waals surface area (Å²) in [5, 5.41) is 0. The van der Waals surface area contributed by atoms with Gasteiger partial charge in [-0.2, -0.15) is 0 Å². The number of hydrogen-bond acceptors (Lipinski definition) is 0. The van der Waals surface area contributed by atoms with Crippen molar-refractivity contribution in [2.75, 3.05) is 19.6 Å². The summed E-state index contributed by atoms with van der Waals surface area (Å²) < 4.78 is 0. The lowest BCUT2D eigenvalue weighted by atomic mass is 10.5. The third-order valence-electron chi connectivity index (χ3n) is 1.50. The van der Waals surface area contributed by atoms with E-state index in [0.717, 1.165) is 0 Å². The molecule has 4 heteroatoms. The highest BCUT2D eigenvalue weighted by Gasteiger charge is 1.92. The van der Waals surface area contributed by atoms with E-state index in [2.05, 4.69) is 20.8 Å². The maximum absolute atomic E-state index is 6.75. The molecule has 0 rings (SSSR count). The maximum Gasteiger partial charge on any atom is 0.0742 e. The molecule has 0 aromatic carbocycles. The summed E-state index contributed by atoms with van der Waals surface area (Å²) in [7, 11) is 0. The average Bonchev–Trinajstić information content (AvgIpc) is 1.93. The van der Waals surface area contributed by atoms with Crippen LogP contribution in [-0.2, 0) is 0 Å². The molecule has 0 fully saturated rings. The Balaban J connectivity index is 0. The molecule has 4 nitrogen and oxygen atoms in total. The van der Waals surface area contributed by atoms with Crippen LogP contribution in [0.1, 0.15) is 20.8 Å². The summed E-state index contributed by atoms with van der Waals surface area (Å²) in [4.78, 5) is 3.18. The summed E-state index contributed by atoms with van der Waals surface area (Å²) in [6.07, 6.45) is 0. The molecule has 0 atom stereocenters. The quantitative estimate of drug-likeness (QED) is 0.346. The number of nitrogens with zero attached hydrogens (tertiary/aromatic N) is 3. The van der Waals surface area contributed by atoms with E-state index >= 15 is 0 Å². The zero-order chi connectivity index (χ0) is 8.41. The second kappa shape index (κ2) is 11.1.